The minimum atomic E-state index is -2.30. The largest absolute Gasteiger partial charge is 0.508 e. The predicted molar refractivity (Wildman–Crippen MR) is 481 cm³/mol. The maximum atomic E-state index is 14.5. The second kappa shape index (κ2) is 60.1. The molecule has 53 heteroatoms. The number of hydrogen-bond acceptors (Lipinski definition) is 29. The molecule has 1 rings (SSSR count). The molecule has 0 spiro atoms. The number of hydrogen-bond donors (Lipinski definition) is 31. The summed E-state index contributed by atoms with van der Waals surface area (Å²) < 4.78 is 0. The Hall–Kier alpha value is -13.2. The van der Waals surface area contributed by atoms with E-state index in [4.69, 9.17) is 34.1 Å². The van der Waals surface area contributed by atoms with Gasteiger partial charge in [-0.1, -0.05) is 73.9 Å². The van der Waals surface area contributed by atoms with Gasteiger partial charge in [-0.3, -0.25) is 111 Å². The fraction of sp³-hybridized carbons (Fsp3) is 0.646. The van der Waals surface area contributed by atoms with E-state index in [1.807, 2.05) is 10.6 Å². The maximum Gasteiger partial charge on any atom is 0.325 e. The molecule has 0 aliphatic rings. The highest BCUT2D eigenvalue weighted by atomic mass is 32.1. The van der Waals surface area contributed by atoms with Crippen LogP contribution in [-0.4, -0.2) is 306 Å². The van der Waals surface area contributed by atoms with Crippen LogP contribution in [0.15, 0.2) is 24.3 Å². The first kappa shape index (κ1) is 120. The van der Waals surface area contributed by atoms with Crippen LogP contribution in [-0.2, 0) is 112 Å². The summed E-state index contributed by atoms with van der Waals surface area (Å²) in [4.78, 5) is 297. The lowest BCUT2D eigenvalue weighted by atomic mass is 9.96. The van der Waals surface area contributed by atoms with Crippen molar-refractivity contribution in [3.8, 4) is 5.75 Å². The van der Waals surface area contributed by atoms with Gasteiger partial charge in [0.1, 0.15) is 102 Å². The normalized spacial score (nSPS) is 15.6. The molecule has 20 atom stereocenters. The van der Waals surface area contributed by atoms with Crippen LogP contribution >= 0.6 is 12.6 Å². The first-order valence-corrected chi connectivity index (χ1v) is 44.1. The molecule has 52 nitrogen and oxygen atoms in total. The Balaban J connectivity index is 3.73. The number of phenols is 1. The third-order valence-electron chi connectivity index (χ3n) is 20.5. The number of aliphatic hydroxyl groups is 3. The minimum Gasteiger partial charge on any atom is -0.508 e. The van der Waals surface area contributed by atoms with Gasteiger partial charge < -0.3 is 155 Å². The topological polar surface area (TPSA) is 876 Å². The molecule has 135 heavy (non-hydrogen) atoms. The van der Waals surface area contributed by atoms with Gasteiger partial charge in [0.2, 0.25) is 112 Å². The van der Waals surface area contributed by atoms with Crippen LogP contribution in [0.25, 0.3) is 0 Å². The summed E-state index contributed by atoms with van der Waals surface area (Å²) in [6.07, 6.45) is -11.5. The Morgan fingerprint density at radius 1 is 0.378 bits per heavy atom. The summed E-state index contributed by atoms with van der Waals surface area (Å²) in [6.45, 7) is 16.1. The van der Waals surface area contributed by atoms with Gasteiger partial charge in [0.25, 0.3) is 0 Å². The lowest BCUT2D eigenvalue weighted by molar-refractivity contribution is -0.142. The fourth-order valence-electron chi connectivity index (χ4n) is 12.7. The number of nitrogens with one attached hydrogen (secondary N) is 18. The van der Waals surface area contributed by atoms with Gasteiger partial charge in [0.05, 0.1) is 31.3 Å². The summed E-state index contributed by atoms with van der Waals surface area (Å²) in [5.74, 6) is -30.0. The van der Waals surface area contributed by atoms with Crippen molar-refractivity contribution >= 4 is 149 Å². The Morgan fingerprint density at radius 3 is 1.13 bits per heavy atom. The van der Waals surface area contributed by atoms with Gasteiger partial charge in [0.15, 0.2) is 5.96 Å². The average molecular weight is 1940 g/mol. The molecule has 0 aliphatic carbocycles. The van der Waals surface area contributed by atoms with E-state index in [0.717, 1.165) is 13.8 Å². The van der Waals surface area contributed by atoms with Gasteiger partial charge in [-0.05, 0) is 120 Å². The van der Waals surface area contributed by atoms with E-state index in [0.29, 0.717) is 5.56 Å². The number of primary amides is 3. The quantitative estimate of drug-likeness (QED) is 0.0125. The summed E-state index contributed by atoms with van der Waals surface area (Å²) in [5, 5.41) is 118. The minimum absolute atomic E-state index is 0.0442. The van der Waals surface area contributed by atoms with E-state index in [1.54, 1.807) is 34.6 Å². The summed E-state index contributed by atoms with van der Waals surface area (Å²) >= 11 is 4.12. The Morgan fingerprint density at radius 2 is 0.719 bits per heavy atom. The molecule has 0 heterocycles. The number of benzene rings is 1. The predicted octanol–water partition coefficient (Wildman–Crippen LogP) is -9.98. The fourth-order valence-corrected chi connectivity index (χ4v) is 13.0. The van der Waals surface area contributed by atoms with E-state index >= 15 is 0 Å². The number of carbonyl (C=O) groups excluding carboxylic acids is 19. The molecule has 0 aromatic heterocycles. The molecule has 758 valence electrons. The molecule has 0 saturated heterocycles. The highest BCUT2D eigenvalue weighted by Crippen LogP contribution is 2.18. The average Bonchev–Trinajstić information content (AvgIpc) is 0.842. The number of aliphatic hydroxyl groups excluding tert-OH is 3. The first-order valence-electron chi connectivity index (χ1n) is 43.5. The zero-order chi connectivity index (χ0) is 103. The molecule has 0 unspecified atom stereocenters. The number of aromatic hydroxyl groups is 1. The molecule has 19 amide bonds. The van der Waals surface area contributed by atoms with Crippen molar-refractivity contribution in [2.75, 3.05) is 18.9 Å². The van der Waals surface area contributed by atoms with Gasteiger partial charge >= 0.3 is 17.9 Å². The zero-order valence-electron chi connectivity index (χ0n) is 77.3. The molecule has 0 aliphatic heterocycles. The highest BCUT2D eigenvalue weighted by Gasteiger charge is 2.42. The SMILES string of the molecule is CC[C@H](C)[C@H](NC(=O)[C@@H](NC(=O)[C@@H](N)CC(C)C)[C@@H](C)O)C(=O)N[C@@H](CCC(N)=O)C(=O)N[C@@H](CCCNC(=N)N)C(=O)N[C@H](C(=O)N[C@@H](CCC(N)=O)C(=O)N[C@@H](CCC(N)=O)C(=O)N[C@@H](CCC(=O)O)C(=O)N[C@@H](CC(=O)O)C(=O)N[C@@H](CO)C(=O)N[C@@H](C)C(=O)N[C@H](C(=O)N[C@@H](Cc1ccc(O)cc1)C(=O)N[C@@H](CC(C)C)C(=O)N[C@@H](CS)C(=O)N[C@@H](C)C(=O)O)C(C)C)[C@@H](C)O. The van der Waals surface area contributed by atoms with Crippen molar-refractivity contribution in [3.05, 3.63) is 29.8 Å². The number of aliphatic carboxylic acids is 3. The van der Waals surface area contributed by atoms with Crippen LogP contribution in [0, 0.1) is 29.1 Å². The zero-order valence-corrected chi connectivity index (χ0v) is 78.2. The molecular weight excluding hydrogens is 1800 g/mol. The van der Waals surface area contributed by atoms with Gasteiger partial charge in [-0.25, -0.2) is 0 Å². The number of guanidine groups is 1. The van der Waals surface area contributed by atoms with Crippen LogP contribution in [0.3, 0.4) is 0 Å². The monoisotopic (exact) mass is 1940 g/mol. The van der Waals surface area contributed by atoms with Crippen molar-refractivity contribution in [3.63, 3.8) is 0 Å². The molecule has 1 aromatic carbocycles. The van der Waals surface area contributed by atoms with Crippen molar-refractivity contribution in [1.82, 2.24) is 90.4 Å². The molecule has 1 aromatic rings. The standard InChI is InChI=1S/C82H135N23O29S/c1-13-38(8)62(103-80(132)64(42(12)108)104-66(118)45(83)29-35(2)3)78(130)95-48(21-25-57(85)111)68(120)92-46(15-14-28-89-82(87)88)71(123)105-63(41(11)107)79(131)96-49(22-26-58(86)112)69(121)93-47(20-24-56(84)110)67(119)94-50(23-27-59(113)114)70(122)98-53(32-60(115)116)74(126)100-54(33-106)75(127)90-39(9)65(117)102-61(37(6)7)77(129)99-52(31-43-16-18-44(109)19-17-43)73(125)97-51(30-36(4)5)72(124)101-55(34-135)76(128)91-40(10)81(133)134/h16-19,35-42,45-55,61-64,106-109,135H,13-15,20-34,83H2,1-12H3,(H2,84,110)(H2,85,111)(H2,86,112)(H,90,127)(H,91,128)(H,92,120)(H,93,121)(H,94,119)(H,95,130)(H,96,131)(H,97,125)(H,98,122)(H,99,129)(H,100,126)(H,101,124)(H,102,117)(H,103,132)(H,104,118)(H,105,123)(H,113,114)(H,115,116)(H,133,134)(H4,87,88,89)/t38-,39-,40-,41+,42+,45-,46-,47-,48-,49-,50-,51-,52-,53-,54-,55-,61-,62-,63-,64-/m0/s1. The smallest absolute Gasteiger partial charge is 0.325 e. The van der Waals surface area contributed by atoms with E-state index in [-0.39, 0.29) is 62.0 Å². The number of rotatable bonds is 64. The third-order valence-corrected chi connectivity index (χ3v) is 20.9. The van der Waals surface area contributed by atoms with Crippen LogP contribution < -0.4 is 119 Å². The van der Waals surface area contributed by atoms with Crippen LogP contribution in [0.5, 0.6) is 5.75 Å². The molecule has 0 fully saturated rings. The number of carboxylic acids is 3. The maximum absolute atomic E-state index is 14.5. The van der Waals surface area contributed by atoms with Crippen LogP contribution in [0.1, 0.15) is 179 Å². The molecule has 35 N–H and O–H groups in total. The number of carbonyl (C=O) groups is 22. The van der Waals surface area contributed by atoms with Gasteiger partial charge in [-0.15, -0.1) is 0 Å². The van der Waals surface area contributed by atoms with Crippen LogP contribution in [0.2, 0.25) is 0 Å². The summed E-state index contributed by atoms with van der Waals surface area (Å²) in [5.41, 5.74) is 28.1. The first-order chi connectivity index (χ1) is 62.9. The van der Waals surface area contributed by atoms with E-state index in [2.05, 4.69) is 92.4 Å². The van der Waals surface area contributed by atoms with Crippen molar-refractivity contribution in [1.29, 1.82) is 5.41 Å². The number of amides is 19. The summed E-state index contributed by atoms with van der Waals surface area (Å²) in [7, 11) is 0. The molecule has 0 radical (unpaired) electrons. The van der Waals surface area contributed by atoms with Gasteiger partial charge in [-0.2, -0.15) is 12.6 Å². The van der Waals surface area contributed by atoms with E-state index in [9.17, 15) is 141 Å². The number of carboxylic acid groups (broad SMARTS) is 3. The molecule has 0 bridgehead atoms. The Kier molecular flexibility index (Phi) is 53.4. The third kappa shape index (κ3) is 45.4. The second-order valence-electron chi connectivity index (χ2n) is 33.6. The molecular formula is C82H135N23O29S. The highest BCUT2D eigenvalue weighted by molar-refractivity contribution is 7.80. The van der Waals surface area contributed by atoms with E-state index < -0.39 is 334 Å². The second-order valence-corrected chi connectivity index (χ2v) is 34.0. The molecule has 0 saturated carbocycles. The van der Waals surface area contributed by atoms with Crippen molar-refractivity contribution in [2.45, 2.75) is 294 Å². The lowest BCUT2D eigenvalue weighted by Crippen LogP contribution is -2.63. The van der Waals surface area contributed by atoms with E-state index in [1.165, 1.54) is 58.9 Å². The number of phenolic OH excluding ortho intramolecular Hbond substituents is 1. The Bertz CT molecular complexity index is 4300. The number of thiol groups is 1. The van der Waals surface area contributed by atoms with Crippen molar-refractivity contribution < 1.29 is 141 Å². The van der Waals surface area contributed by atoms with Crippen molar-refractivity contribution in [2.24, 2.45) is 52.3 Å². The number of nitrogens with two attached hydrogens (primary N) is 5. The lowest BCUT2D eigenvalue weighted by Gasteiger charge is -2.30. The van der Waals surface area contributed by atoms with Crippen LogP contribution in [0.4, 0.5) is 0 Å². The Labute approximate surface area is 783 Å². The summed E-state index contributed by atoms with van der Waals surface area (Å²) in [6, 6.07) is -24.2. The van der Waals surface area contributed by atoms with Gasteiger partial charge in [0, 0.05) is 44.4 Å².